The molecule has 9 heteroatoms. The lowest BCUT2D eigenvalue weighted by molar-refractivity contribution is -0.140. The second-order valence-electron chi connectivity index (χ2n) is 9.76. The molecule has 2 aromatic rings. The Labute approximate surface area is 186 Å². The van der Waals surface area contributed by atoms with E-state index in [1.165, 1.54) is 17.5 Å². The Hall–Kier alpha value is -2.97. The first-order valence-corrected chi connectivity index (χ1v) is 11.6. The maximum absolute atomic E-state index is 13.3. The van der Waals surface area contributed by atoms with E-state index in [2.05, 4.69) is 22.3 Å². The standard InChI is InChI=1S/C23H30N6O3/c1-13-3-2-4-14(7-13)10-26-23(32)18-9-15-8-17(15)29(18)20(30)12-28-19-11-25-6-5-16(19)21(27-28)22(24)31/h5-6,11,13-15,17-18H,2-4,7-10,12H2,1H3,(H2,24,31)(H,26,32)/t13-,14?,15+,17+,18-/m0/s1. The van der Waals surface area contributed by atoms with Gasteiger partial charge in [-0.2, -0.15) is 5.10 Å². The van der Waals surface area contributed by atoms with Gasteiger partial charge < -0.3 is 16.0 Å². The highest BCUT2D eigenvalue weighted by Crippen LogP contribution is 2.48. The molecule has 2 aliphatic carbocycles. The van der Waals surface area contributed by atoms with Crippen LogP contribution in [0.4, 0.5) is 0 Å². The summed E-state index contributed by atoms with van der Waals surface area (Å²) < 4.78 is 1.47. The molecule has 3 amide bonds. The molecule has 2 saturated carbocycles. The molecule has 2 aromatic heterocycles. The molecule has 0 spiro atoms. The normalized spacial score (nSPS) is 29.0. The predicted molar refractivity (Wildman–Crippen MR) is 117 cm³/mol. The van der Waals surface area contributed by atoms with Gasteiger partial charge in [-0.05, 0) is 49.5 Å². The number of hydrogen-bond donors (Lipinski definition) is 2. The molecule has 1 unspecified atom stereocenters. The predicted octanol–water partition coefficient (Wildman–Crippen LogP) is 1.46. The summed E-state index contributed by atoms with van der Waals surface area (Å²) >= 11 is 0. The molecule has 3 fully saturated rings. The molecule has 0 bridgehead atoms. The summed E-state index contributed by atoms with van der Waals surface area (Å²) in [5, 5.41) is 7.97. The van der Waals surface area contributed by atoms with Gasteiger partial charge in [0.05, 0.1) is 11.7 Å². The summed E-state index contributed by atoms with van der Waals surface area (Å²) in [6, 6.07) is 1.37. The molecule has 0 radical (unpaired) electrons. The van der Waals surface area contributed by atoms with Crippen LogP contribution >= 0.6 is 0 Å². The van der Waals surface area contributed by atoms with E-state index in [9.17, 15) is 14.4 Å². The Bertz CT molecular complexity index is 1070. The van der Waals surface area contributed by atoms with Crippen molar-refractivity contribution < 1.29 is 14.4 Å². The molecule has 0 aromatic carbocycles. The Balaban J connectivity index is 1.28. The fourth-order valence-electron chi connectivity index (χ4n) is 5.69. The number of hydrogen-bond acceptors (Lipinski definition) is 5. The van der Waals surface area contributed by atoms with Gasteiger partial charge in [-0.15, -0.1) is 0 Å². The van der Waals surface area contributed by atoms with E-state index >= 15 is 0 Å². The van der Waals surface area contributed by atoms with E-state index in [1.54, 1.807) is 23.4 Å². The van der Waals surface area contributed by atoms with E-state index in [4.69, 9.17) is 5.73 Å². The molecule has 3 N–H and O–H groups in total. The van der Waals surface area contributed by atoms with Crippen molar-refractivity contribution in [3.8, 4) is 0 Å². The van der Waals surface area contributed by atoms with Crippen molar-refractivity contribution in [2.45, 2.75) is 64.1 Å². The number of amides is 3. The number of aromatic nitrogens is 3. The lowest BCUT2D eigenvalue weighted by Crippen LogP contribution is -2.49. The van der Waals surface area contributed by atoms with Crippen LogP contribution in [0.1, 0.15) is 55.9 Å². The average Bonchev–Trinajstić information content (AvgIpc) is 3.28. The zero-order valence-electron chi connectivity index (χ0n) is 18.4. The van der Waals surface area contributed by atoms with E-state index < -0.39 is 11.9 Å². The minimum absolute atomic E-state index is 0.0476. The summed E-state index contributed by atoms with van der Waals surface area (Å²) in [5.74, 6) is 0.788. The highest BCUT2D eigenvalue weighted by Gasteiger charge is 2.56. The van der Waals surface area contributed by atoms with Gasteiger partial charge in [0.1, 0.15) is 12.6 Å². The number of carbonyl (C=O) groups is 3. The van der Waals surface area contributed by atoms with Crippen LogP contribution in [0.25, 0.3) is 10.9 Å². The van der Waals surface area contributed by atoms with Crippen LogP contribution in [0, 0.1) is 17.8 Å². The van der Waals surface area contributed by atoms with Crippen molar-refractivity contribution in [2.75, 3.05) is 6.54 Å². The lowest BCUT2D eigenvalue weighted by atomic mass is 9.82. The molecule has 5 atom stereocenters. The second-order valence-corrected chi connectivity index (χ2v) is 9.76. The minimum Gasteiger partial charge on any atom is -0.364 e. The van der Waals surface area contributed by atoms with Crippen LogP contribution in [-0.4, -0.2) is 56.0 Å². The van der Waals surface area contributed by atoms with Gasteiger partial charge in [-0.25, -0.2) is 0 Å². The van der Waals surface area contributed by atoms with Crippen LogP contribution < -0.4 is 11.1 Å². The molecule has 170 valence electrons. The van der Waals surface area contributed by atoms with Gasteiger partial charge in [0.2, 0.25) is 11.8 Å². The van der Waals surface area contributed by atoms with E-state index in [-0.39, 0.29) is 30.1 Å². The number of carbonyl (C=O) groups excluding carboxylic acids is 3. The fourth-order valence-corrected chi connectivity index (χ4v) is 5.69. The summed E-state index contributed by atoms with van der Waals surface area (Å²) in [5.41, 5.74) is 6.16. The van der Waals surface area contributed by atoms with E-state index in [1.807, 2.05) is 0 Å². The van der Waals surface area contributed by atoms with Gasteiger partial charge >= 0.3 is 0 Å². The van der Waals surface area contributed by atoms with E-state index in [0.717, 1.165) is 25.7 Å². The lowest BCUT2D eigenvalue weighted by Gasteiger charge is -2.30. The number of primary amides is 1. The van der Waals surface area contributed by atoms with Crippen molar-refractivity contribution in [3.63, 3.8) is 0 Å². The van der Waals surface area contributed by atoms with Crippen molar-refractivity contribution in [1.29, 1.82) is 0 Å². The third-order valence-corrected chi connectivity index (χ3v) is 7.38. The maximum atomic E-state index is 13.3. The maximum Gasteiger partial charge on any atom is 0.269 e. The number of nitrogens with zero attached hydrogens (tertiary/aromatic N) is 4. The largest absolute Gasteiger partial charge is 0.364 e. The smallest absolute Gasteiger partial charge is 0.269 e. The highest BCUT2D eigenvalue weighted by molar-refractivity contribution is 6.04. The zero-order valence-corrected chi connectivity index (χ0v) is 18.4. The second kappa shape index (κ2) is 8.18. The zero-order chi connectivity index (χ0) is 22.4. The van der Waals surface area contributed by atoms with Crippen molar-refractivity contribution >= 4 is 28.6 Å². The number of pyridine rings is 1. The highest BCUT2D eigenvalue weighted by atomic mass is 16.2. The number of nitrogens with two attached hydrogens (primary N) is 1. The summed E-state index contributed by atoms with van der Waals surface area (Å²) in [4.78, 5) is 43.9. The third kappa shape index (κ3) is 3.84. The van der Waals surface area contributed by atoms with Crippen LogP contribution in [-0.2, 0) is 16.1 Å². The molecule has 3 heterocycles. The first kappa shape index (κ1) is 20.9. The van der Waals surface area contributed by atoms with Gasteiger partial charge in [0.25, 0.3) is 5.91 Å². The first-order chi connectivity index (χ1) is 15.4. The Morgan fingerprint density at radius 3 is 2.84 bits per heavy atom. The molecule has 3 aliphatic rings. The van der Waals surface area contributed by atoms with Crippen LogP contribution in [0.3, 0.4) is 0 Å². The minimum atomic E-state index is -0.648. The molecular formula is C23H30N6O3. The van der Waals surface area contributed by atoms with Gasteiger partial charge in [0, 0.05) is 24.2 Å². The summed E-state index contributed by atoms with van der Waals surface area (Å²) in [6.45, 7) is 2.91. The summed E-state index contributed by atoms with van der Waals surface area (Å²) in [7, 11) is 0. The molecular weight excluding hydrogens is 408 g/mol. The van der Waals surface area contributed by atoms with Crippen LogP contribution in [0.15, 0.2) is 18.5 Å². The molecule has 9 nitrogen and oxygen atoms in total. The van der Waals surface area contributed by atoms with E-state index in [0.29, 0.717) is 35.2 Å². The number of likely N-dealkylation sites (tertiary alicyclic amines) is 1. The number of piperidine rings is 1. The quantitative estimate of drug-likeness (QED) is 0.707. The number of nitrogens with one attached hydrogen (secondary N) is 1. The number of fused-ring (bicyclic) bond motifs is 2. The van der Waals surface area contributed by atoms with Gasteiger partial charge in [0.15, 0.2) is 5.69 Å². The van der Waals surface area contributed by atoms with Crippen molar-refractivity contribution in [1.82, 2.24) is 25.0 Å². The SMILES string of the molecule is C[C@H]1CCCC(CNC(=O)[C@@H]2C[C@H]3C[C@H]3N2C(=O)Cn2nc(C(N)=O)c3ccncc32)C1. The van der Waals surface area contributed by atoms with Gasteiger partial charge in [-0.1, -0.05) is 19.8 Å². The van der Waals surface area contributed by atoms with Crippen molar-refractivity contribution in [2.24, 2.45) is 23.5 Å². The molecule has 5 rings (SSSR count). The average molecular weight is 439 g/mol. The third-order valence-electron chi connectivity index (χ3n) is 7.38. The van der Waals surface area contributed by atoms with Crippen LogP contribution in [0.2, 0.25) is 0 Å². The van der Waals surface area contributed by atoms with Gasteiger partial charge in [-0.3, -0.25) is 24.0 Å². The first-order valence-electron chi connectivity index (χ1n) is 11.6. The Morgan fingerprint density at radius 1 is 1.22 bits per heavy atom. The molecule has 1 saturated heterocycles. The van der Waals surface area contributed by atoms with Crippen molar-refractivity contribution in [3.05, 3.63) is 24.2 Å². The topological polar surface area (TPSA) is 123 Å². The van der Waals surface area contributed by atoms with Crippen LogP contribution in [0.5, 0.6) is 0 Å². The summed E-state index contributed by atoms with van der Waals surface area (Å²) in [6.07, 6.45) is 9.61. The Morgan fingerprint density at radius 2 is 2.06 bits per heavy atom. The molecule has 1 aliphatic heterocycles. The Kier molecular flexibility index (Phi) is 5.35. The fraction of sp³-hybridized carbons (Fsp3) is 0.609. The molecule has 32 heavy (non-hydrogen) atoms. The number of rotatable bonds is 6. The monoisotopic (exact) mass is 438 g/mol.